The van der Waals surface area contributed by atoms with E-state index in [1.165, 1.54) is 0 Å². The lowest BCUT2D eigenvalue weighted by Gasteiger charge is -2.37. The molecule has 2 saturated carbocycles. The van der Waals surface area contributed by atoms with E-state index in [0.29, 0.717) is 36.5 Å². The normalized spacial score (nSPS) is 31.1. The number of allylic oxidation sites excluding steroid dienone is 2. The molecule has 168 valence electrons. The Labute approximate surface area is 192 Å². The van der Waals surface area contributed by atoms with Gasteiger partial charge >= 0.3 is 0 Å². The van der Waals surface area contributed by atoms with Gasteiger partial charge in [-0.25, -0.2) is 0 Å². The first kappa shape index (κ1) is 20.2. The number of hydrogen-bond acceptors (Lipinski definition) is 5. The van der Waals surface area contributed by atoms with Gasteiger partial charge in [-0.3, -0.25) is 9.59 Å². The van der Waals surface area contributed by atoms with Crippen LogP contribution in [0.1, 0.15) is 24.5 Å². The SMILES string of the molecule is CCOc1cc(/C=N\N2C(=O)[C@@H]3[C@@H]4C=C[C@H]([C@H]5C[C@@H]45)[C@@H]3C2=O)ccc1OCc1ccccc1. The molecule has 7 rings (SSSR count). The first-order valence-electron chi connectivity index (χ1n) is 11.7. The third-order valence-corrected chi connectivity index (χ3v) is 7.47. The maximum Gasteiger partial charge on any atom is 0.254 e. The van der Waals surface area contributed by atoms with Crippen LogP contribution in [0.3, 0.4) is 0 Å². The summed E-state index contributed by atoms with van der Waals surface area (Å²) in [4.78, 5) is 26.2. The number of amides is 2. The van der Waals surface area contributed by atoms with Gasteiger partial charge in [0.25, 0.3) is 11.8 Å². The zero-order chi connectivity index (χ0) is 22.5. The zero-order valence-electron chi connectivity index (χ0n) is 18.5. The molecule has 1 aliphatic heterocycles. The molecule has 5 aliphatic rings. The van der Waals surface area contributed by atoms with Crippen LogP contribution in [0.15, 0.2) is 65.8 Å². The van der Waals surface area contributed by atoms with Crippen LogP contribution in [-0.4, -0.2) is 29.6 Å². The summed E-state index contributed by atoms with van der Waals surface area (Å²) in [6.07, 6.45) is 7.05. The van der Waals surface area contributed by atoms with Gasteiger partial charge in [-0.1, -0.05) is 42.5 Å². The monoisotopic (exact) mass is 442 g/mol. The van der Waals surface area contributed by atoms with Gasteiger partial charge in [0.2, 0.25) is 0 Å². The third-order valence-electron chi connectivity index (χ3n) is 7.47. The van der Waals surface area contributed by atoms with Gasteiger partial charge in [0.1, 0.15) is 6.61 Å². The minimum atomic E-state index is -0.235. The van der Waals surface area contributed by atoms with Crippen molar-refractivity contribution < 1.29 is 19.1 Å². The highest BCUT2D eigenvalue weighted by atomic mass is 16.5. The molecule has 1 saturated heterocycles. The Kier molecular flexibility index (Phi) is 4.82. The Morgan fingerprint density at radius 3 is 2.30 bits per heavy atom. The van der Waals surface area contributed by atoms with Crippen molar-refractivity contribution in [2.45, 2.75) is 20.0 Å². The van der Waals surface area contributed by atoms with Gasteiger partial charge < -0.3 is 9.47 Å². The molecule has 0 aromatic heterocycles. The molecule has 6 nitrogen and oxygen atoms in total. The van der Waals surface area contributed by atoms with Crippen molar-refractivity contribution in [3.8, 4) is 11.5 Å². The number of hydrazone groups is 1. The molecule has 2 aromatic rings. The van der Waals surface area contributed by atoms with Gasteiger partial charge in [-0.2, -0.15) is 10.1 Å². The summed E-state index contributed by atoms with van der Waals surface area (Å²) in [5.41, 5.74) is 1.81. The molecule has 33 heavy (non-hydrogen) atoms. The average Bonchev–Trinajstić information content (AvgIpc) is 3.62. The molecule has 2 aromatic carbocycles. The summed E-state index contributed by atoms with van der Waals surface area (Å²) in [5, 5.41) is 5.43. The van der Waals surface area contributed by atoms with E-state index in [9.17, 15) is 9.59 Å². The van der Waals surface area contributed by atoms with Crippen LogP contribution in [0.4, 0.5) is 0 Å². The molecule has 0 spiro atoms. The number of ether oxygens (including phenoxy) is 2. The Bertz CT molecular complexity index is 1120. The number of rotatable bonds is 7. The topological polar surface area (TPSA) is 68.2 Å². The second-order valence-electron chi connectivity index (χ2n) is 9.30. The van der Waals surface area contributed by atoms with Crippen molar-refractivity contribution in [1.29, 1.82) is 0 Å². The van der Waals surface area contributed by atoms with Gasteiger partial charge in [0.15, 0.2) is 11.5 Å². The highest BCUT2D eigenvalue weighted by Crippen LogP contribution is 2.65. The first-order chi connectivity index (χ1) is 16.2. The fraction of sp³-hybridized carbons (Fsp3) is 0.370. The van der Waals surface area contributed by atoms with Crippen LogP contribution in [0.2, 0.25) is 0 Å². The smallest absolute Gasteiger partial charge is 0.254 e. The number of carbonyl (C=O) groups excluding carboxylic acids is 2. The Balaban J connectivity index is 1.19. The molecule has 2 bridgehead atoms. The third kappa shape index (κ3) is 3.36. The molecule has 0 radical (unpaired) electrons. The van der Waals surface area contributed by atoms with E-state index in [0.717, 1.165) is 22.6 Å². The lowest BCUT2D eigenvalue weighted by Crippen LogP contribution is -2.40. The minimum Gasteiger partial charge on any atom is -0.490 e. The van der Waals surface area contributed by atoms with Crippen LogP contribution in [0.25, 0.3) is 0 Å². The van der Waals surface area contributed by atoms with Gasteiger partial charge in [0.05, 0.1) is 24.7 Å². The molecule has 6 heteroatoms. The van der Waals surface area contributed by atoms with Gasteiger partial charge in [0, 0.05) is 0 Å². The first-order valence-corrected chi connectivity index (χ1v) is 11.7. The highest BCUT2D eigenvalue weighted by molar-refractivity contribution is 6.06. The Morgan fingerprint density at radius 2 is 1.64 bits per heavy atom. The zero-order valence-corrected chi connectivity index (χ0v) is 18.5. The van der Waals surface area contributed by atoms with Crippen molar-refractivity contribution in [3.05, 3.63) is 71.8 Å². The van der Waals surface area contributed by atoms with Crippen LogP contribution in [0.5, 0.6) is 11.5 Å². The number of carbonyl (C=O) groups is 2. The summed E-state index contributed by atoms with van der Waals surface area (Å²) in [5.74, 6) is 2.03. The van der Waals surface area contributed by atoms with Crippen molar-refractivity contribution in [3.63, 3.8) is 0 Å². The molecule has 0 unspecified atom stereocenters. The van der Waals surface area contributed by atoms with Crippen LogP contribution < -0.4 is 9.47 Å². The molecule has 3 fully saturated rings. The van der Waals surface area contributed by atoms with Crippen LogP contribution >= 0.6 is 0 Å². The molecule has 1 heterocycles. The fourth-order valence-corrected chi connectivity index (χ4v) is 5.91. The predicted octanol–water partition coefficient (Wildman–Crippen LogP) is 4.05. The second-order valence-corrected chi connectivity index (χ2v) is 9.30. The van der Waals surface area contributed by atoms with E-state index < -0.39 is 0 Å². The van der Waals surface area contributed by atoms with Crippen molar-refractivity contribution in [2.24, 2.45) is 40.6 Å². The summed E-state index contributed by atoms with van der Waals surface area (Å²) >= 11 is 0. The van der Waals surface area contributed by atoms with Gasteiger partial charge in [-0.15, -0.1) is 0 Å². The van der Waals surface area contributed by atoms with Crippen molar-refractivity contribution in [1.82, 2.24) is 5.01 Å². The van der Waals surface area contributed by atoms with Crippen molar-refractivity contribution >= 4 is 18.0 Å². The lowest BCUT2D eigenvalue weighted by molar-refractivity contribution is -0.140. The van der Waals surface area contributed by atoms with E-state index >= 15 is 0 Å². The number of benzene rings is 2. The largest absolute Gasteiger partial charge is 0.490 e. The molecule has 6 atom stereocenters. The standard InChI is InChI=1S/C27H26N2O4/c1-2-32-23-12-17(8-11-22(23)33-15-16-6-4-3-5-7-16)14-28-29-26(30)24-18-9-10-19(21-13-20(18)21)25(24)27(29)31/h3-12,14,18-21,24-25H,2,13,15H2,1H3/b28-14-/t18-,19-,20-,21+,24+,25-/m1/s1. The van der Waals surface area contributed by atoms with Crippen molar-refractivity contribution in [2.75, 3.05) is 6.61 Å². The number of imide groups is 1. The summed E-state index contributed by atoms with van der Waals surface area (Å²) < 4.78 is 11.7. The van der Waals surface area contributed by atoms with Crippen LogP contribution in [-0.2, 0) is 16.2 Å². The van der Waals surface area contributed by atoms with E-state index in [-0.39, 0.29) is 35.5 Å². The summed E-state index contributed by atoms with van der Waals surface area (Å²) in [6.45, 7) is 2.84. The van der Waals surface area contributed by atoms with Gasteiger partial charge in [-0.05, 0) is 66.3 Å². The van der Waals surface area contributed by atoms with E-state index in [2.05, 4.69) is 17.3 Å². The highest BCUT2D eigenvalue weighted by Gasteiger charge is 2.67. The maximum absolute atomic E-state index is 13.1. The summed E-state index contributed by atoms with van der Waals surface area (Å²) in [7, 11) is 0. The molecule has 0 N–H and O–H groups in total. The Morgan fingerprint density at radius 1 is 0.939 bits per heavy atom. The maximum atomic E-state index is 13.1. The average molecular weight is 443 g/mol. The molecule has 4 aliphatic carbocycles. The number of nitrogens with zero attached hydrogens (tertiary/aromatic N) is 2. The van der Waals surface area contributed by atoms with E-state index in [1.807, 2.05) is 55.5 Å². The fourth-order valence-electron chi connectivity index (χ4n) is 5.91. The predicted molar refractivity (Wildman–Crippen MR) is 123 cm³/mol. The molecular formula is C27H26N2O4. The lowest BCUT2D eigenvalue weighted by atomic mass is 9.63. The number of hydrogen-bond donors (Lipinski definition) is 0. The van der Waals surface area contributed by atoms with E-state index in [1.54, 1.807) is 6.21 Å². The second kappa shape index (κ2) is 7.87. The Hall–Kier alpha value is -3.41. The van der Waals surface area contributed by atoms with Crippen LogP contribution in [0, 0.1) is 35.5 Å². The summed E-state index contributed by atoms with van der Waals surface area (Å²) in [6, 6.07) is 15.4. The quantitative estimate of drug-likeness (QED) is 0.369. The molecule has 2 amide bonds. The minimum absolute atomic E-state index is 0.154. The van der Waals surface area contributed by atoms with E-state index in [4.69, 9.17) is 9.47 Å². The molecular weight excluding hydrogens is 416 g/mol.